The average Bonchev–Trinajstić information content (AvgIpc) is 2.64. The van der Waals surface area contributed by atoms with Gasteiger partial charge < -0.3 is 19.4 Å². The Bertz CT molecular complexity index is 610. The maximum Gasteiger partial charge on any atom is 0.224 e. The highest BCUT2D eigenvalue weighted by atomic mass is 16.5. The molecule has 6 nitrogen and oxygen atoms in total. The molecule has 1 aromatic rings. The molecule has 1 heterocycles. The zero-order valence-corrected chi connectivity index (χ0v) is 16.4. The Hall–Kier alpha value is -2.24. The monoisotopic (exact) mass is 361 g/mol. The Labute approximate surface area is 156 Å². The second-order valence-electron chi connectivity index (χ2n) is 7.15. The van der Waals surface area contributed by atoms with Crippen molar-refractivity contribution in [3.05, 3.63) is 24.3 Å². The molecule has 0 atom stereocenters. The van der Waals surface area contributed by atoms with Crippen molar-refractivity contribution >= 4 is 17.5 Å². The summed E-state index contributed by atoms with van der Waals surface area (Å²) in [4.78, 5) is 30.2. The third-order valence-electron chi connectivity index (χ3n) is 4.68. The van der Waals surface area contributed by atoms with Crippen LogP contribution in [0.1, 0.15) is 27.2 Å². The normalized spacial score (nSPS) is 14.5. The molecule has 0 N–H and O–H groups in total. The van der Waals surface area contributed by atoms with E-state index >= 15 is 0 Å². The average molecular weight is 361 g/mol. The number of ether oxygens (including phenoxy) is 1. The number of carbonyl (C=O) groups excluding carboxylic acids is 2. The summed E-state index contributed by atoms with van der Waals surface area (Å²) in [6.07, 6.45) is 0.390. The highest BCUT2D eigenvalue weighted by molar-refractivity contribution is 5.78. The van der Waals surface area contributed by atoms with Crippen molar-refractivity contribution in [2.24, 2.45) is 5.92 Å². The molecule has 6 heteroatoms. The first-order chi connectivity index (χ1) is 12.4. The number of para-hydroxylation sites is 2. The van der Waals surface area contributed by atoms with Gasteiger partial charge in [0.2, 0.25) is 11.8 Å². The van der Waals surface area contributed by atoms with Gasteiger partial charge in [0.25, 0.3) is 0 Å². The lowest BCUT2D eigenvalue weighted by molar-refractivity contribution is -0.133. The SMILES string of the molecule is COc1ccccc1N1CCN(C(=O)CCN(CC(C)C)C(C)=O)CC1. The minimum Gasteiger partial charge on any atom is -0.495 e. The van der Waals surface area contributed by atoms with Crippen LogP contribution in [-0.2, 0) is 9.59 Å². The Morgan fingerprint density at radius 1 is 1.15 bits per heavy atom. The van der Waals surface area contributed by atoms with Gasteiger partial charge in [0.05, 0.1) is 12.8 Å². The van der Waals surface area contributed by atoms with Crippen molar-refractivity contribution in [3.8, 4) is 5.75 Å². The van der Waals surface area contributed by atoms with Crippen molar-refractivity contribution in [3.63, 3.8) is 0 Å². The van der Waals surface area contributed by atoms with Gasteiger partial charge >= 0.3 is 0 Å². The van der Waals surface area contributed by atoms with E-state index in [1.807, 2.05) is 29.2 Å². The quantitative estimate of drug-likeness (QED) is 0.747. The first kappa shape index (κ1) is 20.1. The number of hydrogen-bond donors (Lipinski definition) is 0. The highest BCUT2D eigenvalue weighted by Gasteiger charge is 2.23. The second-order valence-corrected chi connectivity index (χ2v) is 7.15. The standard InChI is InChI=1S/C20H31N3O3/c1-16(2)15-23(17(3)24)10-9-20(25)22-13-11-21(12-14-22)18-7-5-6-8-19(18)26-4/h5-8,16H,9-15H2,1-4H3. The smallest absolute Gasteiger partial charge is 0.224 e. The fourth-order valence-electron chi connectivity index (χ4n) is 3.29. The molecule has 2 rings (SSSR count). The lowest BCUT2D eigenvalue weighted by Gasteiger charge is -2.37. The third kappa shape index (κ3) is 5.38. The van der Waals surface area contributed by atoms with Gasteiger partial charge in [-0.15, -0.1) is 0 Å². The van der Waals surface area contributed by atoms with Crippen molar-refractivity contribution < 1.29 is 14.3 Å². The molecule has 0 bridgehead atoms. The van der Waals surface area contributed by atoms with Gasteiger partial charge in [0.15, 0.2) is 0 Å². The molecular formula is C20H31N3O3. The number of amides is 2. The van der Waals surface area contributed by atoms with Gasteiger partial charge in [-0.25, -0.2) is 0 Å². The second kappa shape index (κ2) is 9.46. The van der Waals surface area contributed by atoms with Gasteiger partial charge in [-0.1, -0.05) is 26.0 Å². The van der Waals surface area contributed by atoms with Crippen LogP contribution in [0.5, 0.6) is 5.75 Å². The van der Waals surface area contributed by atoms with Crippen LogP contribution in [0.25, 0.3) is 0 Å². The van der Waals surface area contributed by atoms with Gasteiger partial charge in [-0.3, -0.25) is 9.59 Å². The summed E-state index contributed by atoms with van der Waals surface area (Å²) in [5, 5.41) is 0. The molecule has 0 unspecified atom stereocenters. The number of rotatable bonds is 7. The predicted octanol–water partition coefficient (Wildman–Crippen LogP) is 2.24. The first-order valence-electron chi connectivity index (χ1n) is 9.33. The first-order valence-corrected chi connectivity index (χ1v) is 9.33. The van der Waals surface area contributed by atoms with E-state index in [-0.39, 0.29) is 11.8 Å². The summed E-state index contributed by atoms with van der Waals surface area (Å²) in [6, 6.07) is 7.96. The van der Waals surface area contributed by atoms with Crippen LogP contribution in [0.3, 0.4) is 0 Å². The van der Waals surface area contributed by atoms with Gasteiger partial charge in [0.1, 0.15) is 5.75 Å². The Kier molecular flexibility index (Phi) is 7.30. The van der Waals surface area contributed by atoms with Crippen molar-refractivity contribution in [2.75, 3.05) is 51.3 Å². The molecule has 0 aliphatic carbocycles. The van der Waals surface area contributed by atoms with Gasteiger partial charge in [-0.2, -0.15) is 0 Å². The molecule has 1 aromatic carbocycles. The number of benzene rings is 1. The van der Waals surface area contributed by atoms with Gasteiger partial charge in [-0.05, 0) is 18.1 Å². The van der Waals surface area contributed by atoms with E-state index in [1.54, 1.807) is 18.9 Å². The van der Waals surface area contributed by atoms with E-state index < -0.39 is 0 Å². The Balaban J connectivity index is 1.85. The minimum atomic E-state index is 0.0347. The fourth-order valence-corrected chi connectivity index (χ4v) is 3.29. The van der Waals surface area contributed by atoms with E-state index in [9.17, 15) is 9.59 Å². The maximum atomic E-state index is 12.5. The molecule has 1 aliphatic rings. The molecule has 0 saturated carbocycles. The van der Waals surface area contributed by atoms with E-state index in [0.29, 0.717) is 38.5 Å². The predicted molar refractivity (Wildman–Crippen MR) is 103 cm³/mol. The molecule has 0 radical (unpaired) electrons. The van der Waals surface area contributed by atoms with Crippen LogP contribution < -0.4 is 9.64 Å². The number of hydrogen-bond acceptors (Lipinski definition) is 4. The molecule has 1 saturated heterocycles. The number of anilines is 1. The molecule has 2 amide bonds. The molecule has 1 fully saturated rings. The number of piperazine rings is 1. The van der Waals surface area contributed by atoms with Crippen molar-refractivity contribution in [2.45, 2.75) is 27.2 Å². The van der Waals surface area contributed by atoms with E-state index in [4.69, 9.17) is 4.74 Å². The summed E-state index contributed by atoms with van der Waals surface area (Å²) in [7, 11) is 1.68. The molecule has 0 aromatic heterocycles. The summed E-state index contributed by atoms with van der Waals surface area (Å²) in [5.74, 6) is 1.42. The van der Waals surface area contributed by atoms with Crippen LogP contribution in [0.4, 0.5) is 5.69 Å². The Morgan fingerprint density at radius 3 is 2.38 bits per heavy atom. The lowest BCUT2D eigenvalue weighted by Crippen LogP contribution is -2.49. The number of methoxy groups -OCH3 is 1. The Morgan fingerprint density at radius 2 is 1.81 bits per heavy atom. The molecule has 0 spiro atoms. The zero-order valence-electron chi connectivity index (χ0n) is 16.4. The zero-order chi connectivity index (χ0) is 19.1. The number of carbonyl (C=O) groups is 2. The van der Waals surface area contributed by atoms with E-state index in [2.05, 4.69) is 18.7 Å². The van der Waals surface area contributed by atoms with Gasteiger partial charge in [0, 0.05) is 52.6 Å². The van der Waals surface area contributed by atoms with Crippen LogP contribution in [0, 0.1) is 5.92 Å². The van der Waals surface area contributed by atoms with Crippen LogP contribution in [0.2, 0.25) is 0 Å². The summed E-state index contributed by atoms with van der Waals surface area (Å²) in [5.41, 5.74) is 1.07. The fraction of sp³-hybridized carbons (Fsp3) is 0.600. The summed E-state index contributed by atoms with van der Waals surface area (Å²) in [6.45, 7) is 9.89. The van der Waals surface area contributed by atoms with Crippen molar-refractivity contribution in [1.82, 2.24) is 9.80 Å². The van der Waals surface area contributed by atoms with Crippen LogP contribution >= 0.6 is 0 Å². The lowest BCUT2D eigenvalue weighted by atomic mass is 10.2. The maximum absolute atomic E-state index is 12.5. The van der Waals surface area contributed by atoms with Crippen LogP contribution in [0.15, 0.2) is 24.3 Å². The van der Waals surface area contributed by atoms with E-state index in [0.717, 1.165) is 24.5 Å². The summed E-state index contributed by atoms with van der Waals surface area (Å²) < 4.78 is 5.43. The van der Waals surface area contributed by atoms with Crippen molar-refractivity contribution in [1.29, 1.82) is 0 Å². The number of nitrogens with zero attached hydrogens (tertiary/aromatic N) is 3. The topological polar surface area (TPSA) is 53.1 Å². The molecular weight excluding hydrogens is 330 g/mol. The van der Waals surface area contributed by atoms with Crippen LogP contribution in [-0.4, -0.2) is 68.0 Å². The molecule has 1 aliphatic heterocycles. The minimum absolute atomic E-state index is 0.0347. The third-order valence-corrected chi connectivity index (χ3v) is 4.68. The summed E-state index contributed by atoms with van der Waals surface area (Å²) >= 11 is 0. The van der Waals surface area contributed by atoms with E-state index in [1.165, 1.54) is 0 Å². The highest BCUT2D eigenvalue weighted by Crippen LogP contribution is 2.28. The molecule has 144 valence electrons. The largest absolute Gasteiger partial charge is 0.495 e. The molecule has 26 heavy (non-hydrogen) atoms.